The predicted octanol–water partition coefficient (Wildman–Crippen LogP) is -0.137. The van der Waals surface area contributed by atoms with Gasteiger partial charge in [0, 0.05) is 13.1 Å². The molecule has 1 fully saturated rings. The van der Waals surface area contributed by atoms with E-state index in [2.05, 4.69) is 6.92 Å². The summed E-state index contributed by atoms with van der Waals surface area (Å²) in [6.45, 7) is 4.16. The summed E-state index contributed by atoms with van der Waals surface area (Å²) in [5.41, 5.74) is 5.49. The molecule has 4 nitrogen and oxygen atoms in total. The van der Waals surface area contributed by atoms with Crippen molar-refractivity contribution < 1.29 is 8.42 Å². The van der Waals surface area contributed by atoms with Crippen LogP contribution in [0.2, 0.25) is 0 Å². The van der Waals surface area contributed by atoms with E-state index in [4.69, 9.17) is 5.73 Å². The van der Waals surface area contributed by atoms with Crippen molar-refractivity contribution in [1.82, 2.24) is 4.31 Å². The molecule has 1 aliphatic rings. The predicted molar refractivity (Wildman–Crippen MR) is 52.7 cm³/mol. The van der Waals surface area contributed by atoms with Crippen LogP contribution in [0.1, 0.15) is 13.3 Å². The molecule has 1 heterocycles. The summed E-state index contributed by atoms with van der Waals surface area (Å²) in [6.07, 6.45) is 2.30. The minimum Gasteiger partial charge on any atom is -0.330 e. The van der Waals surface area contributed by atoms with Gasteiger partial charge in [-0.25, -0.2) is 12.7 Å². The largest absolute Gasteiger partial charge is 0.330 e. The lowest BCUT2D eigenvalue weighted by molar-refractivity contribution is 0.173. The van der Waals surface area contributed by atoms with Crippen molar-refractivity contribution >= 4 is 10.0 Å². The highest BCUT2D eigenvalue weighted by atomic mass is 32.2. The summed E-state index contributed by atoms with van der Waals surface area (Å²) < 4.78 is 23.5. The lowest BCUT2D eigenvalue weighted by Gasteiger charge is -2.38. The first-order valence-corrected chi connectivity index (χ1v) is 6.43. The molecule has 78 valence electrons. The highest BCUT2D eigenvalue weighted by Gasteiger charge is 2.33. The zero-order chi connectivity index (χ0) is 10.1. The van der Waals surface area contributed by atoms with Crippen LogP contribution in [0.3, 0.4) is 0 Å². The van der Waals surface area contributed by atoms with Gasteiger partial charge in [-0.3, -0.25) is 0 Å². The molecule has 0 aromatic rings. The molecule has 1 saturated heterocycles. The van der Waals surface area contributed by atoms with E-state index in [1.54, 1.807) is 0 Å². The lowest BCUT2D eigenvalue weighted by Crippen LogP contribution is -2.50. The average molecular weight is 206 g/mol. The molecule has 0 spiro atoms. The van der Waals surface area contributed by atoms with Gasteiger partial charge in [-0.15, -0.1) is 0 Å². The minimum atomic E-state index is -2.94. The van der Waals surface area contributed by atoms with E-state index in [9.17, 15) is 8.42 Å². The number of hydrogen-bond acceptors (Lipinski definition) is 3. The second-order valence-electron chi connectivity index (χ2n) is 4.02. The van der Waals surface area contributed by atoms with Crippen LogP contribution in [0.15, 0.2) is 0 Å². The molecule has 0 saturated carbocycles. The maximum atomic E-state index is 11.0. The summed E-state index contributed by atoms with van der Waals surface area (Å²) >= 11 is 0. The van der Waals surface area contributed by atoms with Gasteiger partial charge in [-0.05, 0) is 24.8 Å². The Morgan fingerprint density at radius 1 is 1.54 bits per heavy atom. The van der Waals surface area contributed by atoms with Crippen LogP contribution >= 0.6 is 0 Å². The molecule has 0 aromatic heterocycles. The Morgan fingerprint density at radius 3 is 2.46 bits per heavy atom. The van der Waals surface area contributed by atoms with E-state index in [1.807, 2.05) is 0 Å². The molecule has 0 amide bonds. The topological polar surface area (TPSA) is 63.4 Å². The van der Waals surface area contributed by atoms with E-state index in [0.717, 1.165) is 6.42 Å². The fourth-order valence-electron chi connectivity index (χ4n) is 1.61. The highest BCUT2D eigenvalue weighted by molar-refractivity contribution is 7.88. The molecule has 0 radical (unpaired) electrons. The Kier molecular flexibility index (Phi) is 3.32. The van der Waals surface area contributed by atoms with Crippen LogP contribution in [0.5, 0.6) is 0 Å². The molecule has 1 aliphatic heterocycles. The van der Waals surface area contributed by atoms with Crippen molar-refractivity contribution in [2.24, 2.45) is 17.6 Å². The van der Waals surface area contributed by atoms with E-state index < -0.39 is 10.0 Å². The molecule has 1 unspecified atom stereocenters. The van der Waals surface area contributed by atoms with Crippen molar-refractivity contribution in [2.75, 3.05) is 25.9 Å². The van der Waals surface area contributed by atoms with Gasteiger partial charge in [0.1, 0.15) is 0 Å². The standard InChI is InChI=1S/C8H18N2O2S/c1-7(4-9)3-8-5-10(6-8)13(2,11)12/h7-8H,3-6,9H2,1-2H3. The molecule has 13 heavy (non-hydrogen) atoms. The summed E-state index contributed by atoms with van der Waals surface area (Å²) in [5.74, 6) is 1.03. The Bertz CT molecular complexity index is 257. The second-order valence-corrected chi connectivity index (χ2v) is 6.01. The fraction of sp³-hybridized carbons (Fsp3) is 1.00. The Hall–Kier alpha value is -0.130. The third-order valence-corrected chi connectivity index (χ3v) is 3.77. The SMILES string of the molecule is CC(CN)CC1CN(S(C)(=O)=O)C1. The van der Waals surface area contributed by atoms with Crippen molar-refractivity contribution in [3.8, 4) is 0 Å². The van der Waals surface area contributed by atoms with E-state index in [1.165, 1.54) is 10.6 Å². The van der Waals surface area contributed by atoms with Gasteiger partial charge in [-0.2, -0.15) is 0 Å². The van der Waals surface area contributed by atoms with E-state index in [-0.39, 0.29) is 0 Å². The molecule has 1 rings (SSSR count). The maximum absolute atomic E-state index is 11.0. The number of nitrogens with zero attached hydrogens (tertiary/aromatic N) is 1. The highest BCUT2D eigenvalue weighted by Crippen LogP contribution is 2.24. The van der Waals surface area contributed by atoms with Crippen LogP contribution < -0.4 is 5.73 Å². The number of rotatable bonds is 4. The summed E-state index contributed by atoms with van der Waals surface area (Å²) in [7, 11) is -2.94. The second kappa shape index (κ2) is 3.94. The van der Waals surface area contributed by atoms with Gasteiger partial charge in [0.2, 0.25) is 10.0 Å². The van der Waals surface area contributed by atoms with E-state index >= 15 is 0 Å². The van der Waals surface area contributed by atoms with Crippen LogP contribution in [-0.2, 0) is 10.0 Å². The Balaban J connectivity index is 2.27. The van der Waals surface area contributed by atoms with Crippen molar-refractivity contribution in [3.63, 3.8) is 0 Å². The van der Waals surface area contributed by atoms with Gasteiger partial charge >= 0.3 is 0 Å². The third kappa shape index (κ3) is 2.93. The molecule has 1 atom stereocenters. The summed E-state index contributed by atoms with van der Waals surface area (Å²) in [6, 6.07) is 0. The third-order valence-electron chi connectivity index (χ3n) is 2.53. The van der Waals surface area contributed by atoms with Crippen molar-refractivity contribution in [2.45, 2.75) is 13.3 Å². The number of nitrogens with two attached hydrogens (primary N) is 1. The van der Waals surface area contributed by atoms with Crippen molar-refractivity contribution in [1.29, 1.82) is 0 Å². The molecular weight excluding hydrogens is 188 g/mol. The summed E-state index contributed by atoms with van der Waals surface area (Å²) in [5, 5.41) is 0. The molecule has 5 heteroatoms. The van der Waals surface area contributed by atoms with Gasteiger partial charge < -0.3 is 5.73 Å². The average Bonchev–Trinajstić information content (AvgIpc) is 1.92. The molecule has 0 aliphatic carbocycles. The maximum Gasteiger partial charge on any atom is 0.211 e. The first-order chi connectivity index (χ1) is 5.93. The fourth-order valence-corrected chi connectivity index (χ4v) is 2.57. The van der Waals surface area contributed by atoms with E-state index in [0.29, 0.717) is 31.5 Å². The Labute approximate surface area is 80.1 Å². The zero-order valence-corrected chi connectivity index (χ0v) is 9.05. The monoisotopic (exact) mass is 206 g/mol. The van der Waals surface area contributed by atoms with Crippen molar-refractivity contribution in [3.05, 3.63) is 0 Å². The van der Waals surface area contributed by atoms with Crippen LogP contribution in [0.4, 0.5) is 0 Å². The quantitative estimate of drug-likeness (QED) is 0.696. The normalized spacial score (nSPS) is 22.7. The first kappa shape index (κ1) is 10.9. The lowest BCUT2D eigenvalue weighted by atomic mass is 9.91. The molecular formula is C8H18N2O2S. The molecule has 0 bridgehead atoms. The van der Waals surface area contributed by atoms with Gasteiger partial charge in [-0.1, -0.05) is 6.92 Å². The van der Waals surface area contributed by atoms with Crippen LogP contribution in [-0.4, -0.2) is 38.6 Å². The Morgan fingerprint density at radius 2 is 2.08 bits per heavy atom. The van der Waals surface area contributed by atoms with Crippen LogP contribution in [0, 0.1) is 11.8 Å². The van der Waals surface area contributed by atoms with Gasteiger partial charge in [0.05, 0.1) is 6.26 Å². The smallest absolute Gasteiger partial charge is 0.211 e. The molecule has 0 aromatic carbocycles. The minimum absolute atomic E-state index is 0.506. The van der Waals surface area contributed by atoms with Crippen LogP contribution in [0.25, 0.3) is 0 Å². The zero-order valence-electron chi connectivity index (χ0n) is 8.23. The summed E-state index contributed by atoms with van der Waals surface area (Å²) in [4.78, 5) is 0. The van der Waals surface area contributed by atoms with Gasteiger partial charge in [0.25, 0.3) is 0 Å². The molecule has 2 N–H and O–H groups in total. The first-order valence-electron chi connectivity index (χ1n) is 4.58. The van der Waals surface area contributed by atoms with Gasteiger partial charge in [0.15, 0.2) is 0 Å². The number of hydrogen-bond donors (Lipinski definition) is 1. The number of sulfonamides is 1.